The second-order valence-corrected chi connectivity index (χ2v) is 26.8. The van der Waals surface area contributed by atoms with Crippen molar-refractivity contribution in [2.45, 2.75) is 142 Å². The number of nitrogens with two attached hydrogens (primary N) is 3. The highest BCUT2D eigenvalue weighted by molar-refractivity contribution is 9.10. The molecule has 4 bridgehead atoms. The molecule has 7 N–H and O–H groups in total. The second kappa shape index (κ2) is 30.0. The molecule has 0 radical (unpaired) electrons. The third-order valence-electron chi connectivity index (χ3n) is 17.5. The van der Waals surface area contributed by atoms with E-state index in [0.717, 1.165) is 34.9 Å². The molecule has 0 saturated heterocycles. The van der Waals surface area contributed by atoms with Gasteiger partial charge in [0.25, 0.3) is 0 Å². The van der Waals surface area contributed by atoms with Crippen LogP contribution in [0.5, 0.6) is 11.5 Å². The molecule has 3 aliphatic carbocycles. The van der Waals surface area contributed by atoms with Crippen molar-refractivity contribution in [1.82, 2.24) is 20.2 Å². The number of rotatable bonds is 17. The van der Waals surface area contributed by atoms with Crippen LogP contribution in [0.3, 0.4) is 0 Å². The summed E-state index contributed by atoms with van der Waals surface area (Å²) in [6, 6.07) is 29.0. The molecule has 0 saturated carbocycles. The number of nitrogens with zero attached hydrogens (tertiary/aromatic N) is 4. The Morgan fingerprint density at radius 1 is 0.753 bits per heavy atom. The summed E-state index contributed by atoms with van der Waals surface area (Å²) < 4.78 is 14.5. The van der Waals surface area contributed by atoms with Gasteiger partial charge in [0.15, 0.2) is 29.0 Å². The van der Waals surface area contributed by atoms with E-state index in [1.807, 2.05) is 36.4 Å². The number of halogens is 2. The predicted molar refractivity (Wildman–Crippen MR) is 353 cm³/mol. The third-order valence-corrected chi connectivity index (χ3v) is 18.5. The van der Waals surface area contributed by atoms with Gasteiger partial charge in [0.1, 0.15) is 30.8 Å². The molecular formula is C71H82Br2N8O8. The van der Waals surface area contributed by atoms with Crippen molar-refractivity contribution in [3.8, 4) is 40.1 Å². The number of nitriles is 1. The lowest BCUT2D eigenvalue weighted by Gasteiger charge is -2.32. The van der Waals surface area contributed by atoms with Crippen LogP contribution in [0.15, 0.2) is 106 Å². The van der Waals surface area contributed by atoms with Gasteiger partial charge in [0, 0.05) is 101 Å². The van der Waals surface area contributed by atoms with Crippen molar-refractivity contribution < 1.29 is 38.2 Å². The lowest BCUT2D eigenvalue weighted by atomic mass is 9.86. The number of ketones is 4. The number of aromatic nitrogens is 2. The summed E-state index contributed by atoms with van der Waals surface area (Å²) in [5, 5.41) is 12.1. The fourth-order valence-corrected chi connectivity index (χ4v) is 13.3. The quantitative estimate of drug-likeness (QED) is 0.0619. The number of carbonyl (C=O) groups is 6. The summed E-state index contributed by atoms with van der Waals surface area (Å²) in [5.41, 5.74) is 29.8. The molecule has 2 heterocycles. The van der Waals surface area contributed by atoms with Gasteiger partial charge < -0.3 is 36.9 Å². The normalized spacial score (nSPS) is 18.0. The first-order valence-electron chi connectivity index (χ1n) is 30.7. The minimum absolute atomic E-state index is 0.0299. The Hall–Kier alpha value is -7.27. The minimum Gasteiger partial charge on any atom is -0.492 e. The number of hydrogen-bond donors (Lipinski definition) is 4. The Balaban J connectivity index is 0.000000364. The van der Waals surface area contributed by atoms with E-state index in [9.17, 15) is 34.0 Å². The van der Waals surface area contributed by atoms with Crippen molar-refractivity contribution >= 4 is 66.8 Å². The number of likely N-dealkylation sites (N-methyl/N-ethyl adjacent to an activating group) is 1. The summed E-state index contributed by atoms with van der Waals surface area (Å²) in [5.74, 6) is -2.35. The molecule has 4 aliphatic rings. The molecule has 0 spiro atoms. The molecule has 5 aromatic carbocycles. The number of carbonyl (C=O) groups excluding carboxylic acids is 6. The van der Waals surface area contributed by atoms with E-state index < -0.39 is 41.5 Å². The predicted octanol–water partition coefficient (Wildman–Crippen LogP) is 11.5. The van der Waals surface area contributed by atoms with E-state index in [0.29, 0.717) is 57.1 Å². The van der Waals surface area contributed by atoms with Gasteiger partial charge in [-0.2, -0.15) is 5.26 Å². The van der Waals surface area contributed by atoms with Crippen LogP contribution >= 0.6 is 31.9 Å². The zero-order valence-corrected chi connectivity index (χ0v) is 55.3. The van der Waals surface area contributed by atoms with Gasteiger partial charge in [-0.1, -0.05) is 103 Å². The van der Waals surface area contributed by atoms with E-state index in [1.165, 1.54) is 63.3 Å². The molecule has 468 valence electrons. The number of aryl methyl sites for hydroxylation is 4. The first kappa shape index (κ1) is 67.7. The first-order chi connectivity index (χ1) is 42.5. The molecule has 0 unspecified atom stereocenters. The number of amides is 2. The molecular weight excluding hydrogens is 1250 g/mol. The van der Waals surface area contributed by atoms with Crippen LogP contribution in [0.4, 0.5) is 0 Å². The van der Waals surface area contributed by atoms with Crippen LogP contribution in [-0.4, -0.2) is 95.8 Å². The maximum atomic E-state index is 14.8. The number of benzene rings is 5. The van der Waals surface area contributed by atoms with Crippen molar-refractivity contribution in [2.24, 2.45) is 29.0 Å². The molecule has 6 aromatic rings. The van der Waals surface area contributed by atoms with Gasteiger partial charge in [-0.3, -0.25) is 28.8 Å². The molecule has 10 rings (SSSR count). The van der Waals surface area contributed by atoms with Crippen LogP contribution < -0.4 is 32.0 Å². The Kier molecular flexibility index (Phi) is 22.8. The molecule has 18 heteroatoms. The second-order valence-electron chi connectivity index (χ2n) is 24.9. The Labute approximate surface area is 539 Å². The molecule has 4 atom stereocenters. The van der Waals surface area contributed by atoms with Crippen molar-refractivity contribution in [2.75, 3.05) is 39.9 Å². The van der Waals surface area contributed by atoms with E-state index in [-0.39, 0.29) is 99.7 Å². The van der Waals surface area contributed by atoms with E-state index >= 15 is 0 Å². The van der Waals surface area contributed by atoms with Gasteiger partial charge in [-0.05, 0) is 163 Å². The van der Waals surface area contributed by atoms with E-state index in [4.69, 9.17) is 31.7 Å². The maximum Gasteiger partial charge on any atom is 0.226 e. The number of ether oxygens (including phenoxy) is 2. The van der Waals surface area contributed by atoms with Crippen LogP contribution in [0.2, 0.25) is 0 Å². The highest BCUT2D eigenvalue weighted by atomic mass is 79.9. The highest BCUT2D eigenvalue weighted by Gasteiger charge is 2.37. The van der Waals surface area contributed by atoms with Crippen LogP contribution in [-0.2, 0) is 55.7 Å². The van der Waals surface area contributed by atoms with Gasteiger partial charge in [-0.15, -0.1) is 0 Å². The number of fused-ring (bicyclic) bond motifs is 8. The molecule has 1 aromatic heterocycles. The lowest BCUT2D eigenvalue weighted by Crippen LogP contribution is -2.46. The Morgan fingerprint density at radius 2 is 1.37 bits per heavy atom. The highest BCUT2D eigenvalue weighted by Crippen LogP contribution is 2.43. The average Bonchev–Trinajstić information content (AvgIpc) is 2.27. The minimum atomic E-state index is -1.24. The molecule has 0 fully saturated rings. The van der Waals surface area contributed by atoms with Crippen LogP contribution in [0.25, 0.3) is 22.5 Å². The largest absolute Gasteiger partial charge is 0.492 e. The van der Waals surface area contributed by atoms with E-state index in [2.05, 4.69) is 100 Å². The smallest absolute Gasteiger partial charge is 0.226 e. The molecule has 1 aliphatic heterocycles. The summed E-state index contributed by atoms with van der Waals surface area (Å²) in [7, 11) is 1.51. The topological polar surface area (TPSA) is 264 Å². The SMILES string of the molecule is CC1(C)CCc2cc(Br)ccc21.Cc1nc(-c2ccc3c(c2)CCC3(C)C)ncc1C(=O)C[C@@H](CCN)C(=O)N(C)[C@@H]1C(=O)C[C@@H](C)C(=O)N[C@H](C(=O)CCC#N)Cc2ccc(OCCN)c(c2)-c2cc1ccc2OCCN.O=C1CCc2cc(Br)ccc21. The molecule has 16 nitrogen and oxygen atoms in total. The zero-order chi connectivity index (χ0) is 64.3. The van der Waals surface area contributed by atoms with Crippen molar-refractivity contribution in [3.05, 3.63) is 162 Å². The molecule has 2 amide bonds. The fraction of sp³-hybridized carbons (Fsp3) is 0.423. The first-order valence-corrected chi connectivity index (χ1v) is 32.3. The summed E-state index contributed by atoms with van der Waals surface area (Å²) in [6.45, 7) is 13.3. The van der Waals surface area contributed by atoms with Crippen LogP contribution in [0, 0.1) is 30.1 Å². The Bertz CT molecular complexity index is 3690. The van der Waals surface area contributed by atoms with E-state index in [1.54, 1.807) is 44.2 Å². The van der Waals surface area contributed by atoms with Gasteiger partial charge in [0.05, 0.1) is 23.4 Å². The molecule has 89 heavy (non-hydrogen) atoms. The number of Topliss-reactive ketones (excluding diaryl/α,β-unsaturated/α-hetero) is 4. The van der Waals surface area contributed by atoms with Gasteiger partial charge in [0.2, 0.25) is 11.8 Å². The lowest BCUT2D eigenvalue weighted by molar-refractivity contribution is -0.142. The third kappa shape index (κ3) is 16.4. The van der Waals surface area contributed by atoms with Crippen LogP contribution in [0.1, 0.15) is 157 Å². The summed E-state index contributed by atoms with van der Waals surface area (Å²) >= 11 is 6.88. The number of hydrogen-bond acceptors (Lipinski definition) is 14. The average molecular weight is 1340 g/mol. The van der Waals surface area contributed by atoms with Gasteiger partial charge in [-0.25, -0.2) is 9.97 Å². The number of nitrogens with one attached hydrogen (secondary N) is 1. The van der Waals surface area contributed by atoms with Crippen molar-refractivity contribution in [3.63, 3.8) is 0 Å². The van der Waals surface area contributed by atoms with Crippen molar-refractivity contribution in [1.29, 1.82) is 5.26 Å². The monoisotopic (exact) mass is 1330 g/mol. The Morgan fingerprint density at radius 3 is 2.01 bits per heavy atom. The standard InChI is InChI=1S/C51H62N8O7.C11H13Br.C9H7BrO/c1-30-23-44(62)47(59(5)50(64)36(15-18-53)28-43(61)39-29-56-48(57-31(39)2)35-9-11-40-33(26-35)14-16-51(40,3)4)34-10-13-46(66-22-20-55)38(27-34)37-24-32(8-12-45(37)65-21-19-54)25-41(58-49(30)63)42(60)7-6-17-52;1-11(2)6-5-8-7-9(12)3-4-10(8)11;10-7-2-3-8-6(5-7)1-4-9(8)11/h8-13,24,26-27,29-30,36,41,47H,6-7,14-16,18-23,25,28,53-55H2,1-5H3,(H,58,63);3-4,7H,5-6H2,1-2H3;2-3,5H,1,4H2/t30-,36-,41+,47+;;/m1../s1. The maximum absolute atomic E-state index is 14.8. The fourth-order valence-electron chi connectivity index (χ4n) is 12.5. The zero-order valence-electron chi connectivity index (χ0n) is 52.1. The van der Waals surface area contributed by atoms with Gasteiger partial charge >= 0.3 is 0 Å². The summed E-state index contributed by atoms with van der Waals surface area (Å²) in [4.78, 5) is 92.7. The summed E-state index contributed by atoms with van der Waals surface area (Å²) in [6.07, 6.45) is 7.30.